The molecule has 41 heavy (non-hydrogen) atoms. The number of nitrogens with zero attached hydrogens (tertiary/aromatic N) is 2. The van der Waals surface area contributed by atoms with Crippen molar-refractivity contribution in [2.24, 2.45) is 5.92 Å². The van der Waals surface area contributed by atoms with Crippen LogP contribution in [0.5, 0.6) is 0 Å². The molecule has 0 bridgehead atoms. The van der Waals surface area contributed by atoms with Gasteiger partial charge in [0.15, 0.2) is 0 Å². The van der Waals surface area contributed by atoms with Gasteiger partial charge in [0.2, 0.25) is 11.8 Å². The van der Waals surface area contributed by atoms with Crippen molar-refractivity contribution in [3.8, 4) is 0 Å². The molecule has 1 atom stereocenters. The summed E-state index contributed by atoms with van der Waals surface area (Å²) in [4.78, 5) is 43.4. The Balaban J connectivity index is 1.53. The number of hydrogen-bond donors (Lipinski definition) is 2. The van der Waals surface area contributed by atoms with Gasteiger partial charge in [-0.05, 0) is 54.3 Å². The van der Waals surface area contributed by atoms with E-state index >= 15 is 0 Å². The molecule has 3 aromatic rings. The molecule has 1 fully saturated rings. The Morgan fingerprint density at radius 2 is 1.63 bits per heavy atom. The smallest absolute Gasteiger partial charge is 0.253 e. The molecule has 7 nitrogen and oxygen atoms in total. The third kappa shape index (κ3) is 7.72. The number of anilines is 2. The molecule has 0 saturated carbocycles. The summed E-state index contributed by atoms with van der Waals surface area (Å²) < 4.78 is 13.3. The Hall–Kier alpha value is -4.20. The summed E-state index contributed by atoms with van der Waals surface area (Å²) in [5.74, 6) is -1.02. The molecule has 0 radical (unpaired) electrons. The average molecular weight is 559 g/mol. The second-order valence-electron chi connectivity index (χ2n) is 10.7. The number of hydrogen-bond acceptors (Lipinski definition) is 4. The normalized spacial score (nSPS) is 14.4. The van der Waals surface area contributed by atoms with E-state index in [2.05, 4.69) is 15.5 Å². The van der Waals surface area contributed by atoms with Gasteiger partial charge in [0.25, 0.3) is 5.91 Å². The van der Waals surface area contributed by atoms with Gasteiger partial charge in [-0.3, -0.25) is 14.4 Å². The summed E-state index contributed by atoms with van der Waals surface area (Å²) in [6.45, 7) is 8.35. The summed E-state index contributed by atoms with van der Waals surface area (Å²) in [7, 11) is 0. The van der Waals surface area contributed by atoms with Gasteiger partial charge < -0.3 is 20.4 Å². The fourth-order valence-corrected chi connectivity index (χ4v) is 5.08. The van der Waals surface area contributed by atoms with Crippen LogP contribution in [0.25, 0.3) is 0 Å². The maximum Gasteiger partial charge on any atom is 0.253 e. The van der Waals surface area contributed by atoms with Gasteiger partial charge in [-0.1, -0.05) is 63.2 Å². The molecule has 0 aromatic heterocycles. The highest BCUT2D eigenvalue weighted by molar-refractivity contribution is 6.02. The highest BCUT2D eigenvalue weighted by Crippen LogP contribution is 2.28. The molecule has 4 rings (SSSR count). The Bertz CT molecular complexity index is 1340. The molecular weight excluding hydrogens is 519 g/mol. The fraction of sp³-hybridized carbons (Fsp3) is 0.364. The Kier molecular flexibility index (Phi) is 10.1. The van der Waals surface area contributed by atoms with Crippen LogP contribution in [0.15, 0.2) is 72.8 Å². The lowest BCUT2D eigenvalue weighted by Gasteiger charge is -2.28. The van der Waals surface area contributed by atoms with E-state index in [0.717, 1.165) is 29.7 Å². The van der Waals surface area contributed by atoms with E-state index in [0.29, 0.717) is 37.4 Å². The van der Waals surface area contributed by atoms with Crippen LogP contribution < -0.4 is 15.5 Å². The van der Waals surface area contributed by atoms with Crippen LogP contribution in [0.4, 0.5) is 15.8 Å². The number of rotatable bonds is 9. The van der Waals surface area contributed by atoms with E-state index in [1.54, 1.807) is 18.2 Å². The molecule has 1 aliphatic heterocycles. The lowest BCUT2D eigenvalue weighted by atomic mass is 9.95. The fourth-order valence-electron chi connectivity index (χ4n) is 5.08. The lowest BCUT2D eigenvalue weighted by Crippen LogP contribution is -2.38. The minimum atomic E-state index is -0.335. The highest BCUT2D eigenvalue weighted by Gasteiger charge is 2.27. The third-order valence-corrected chi connectivity index (χ3v) is 7.46. The third-order valence-electron chi connectivity index (χ3n) is 7.46. The van der Waals surface area contributed by atoms with Gasteiger partial charge >= 0.3 is 0 Å². The second-order valence-corrected chi connectivity index (χ2v) is 10.7. The maximum absolute atomic E-state index is 13.5. The predicted molar refractivity (Wildman–Crippen MR) is 160 cm³/mol. The van der Waals surface area contributed by atoms with Crippen molar-refractivity contribution in [3.05, 3.63) is 95.3 Å². The van der Waals surface area contributed by atoms with E-state index in [-0.39, 0.29) is 41.9 Å². The van der Waals surface area contributed by atoms with Crippen LogP contribution in [0.2, 0.25) is 0 Å². The van der Waals surface area contributed by atoms with Crippen molar-refractivity contribution in [1.29, 1.82) is 0 Å². The van der Waals surface area contributed by atoms with Crippen molar-refractivity contribution in [1.82, 2.24) is 10.2 Å². The molecule has 8 heteroatoms. The molecule has 0 aliphatic carbocycles. The van der Waals surface area contributed by atoms with E-state index < -0.39 is 0 Å². The van der Waals surface area contributed by atoms with Crippen molar-refractivity contribution < 1.29 is 18.8 Å². The van der Waals surface area contributed by atoms with Crippen LogP contribution in [0, 0.1) is 11.7 Å². The number of carbonyl (C=O) groups is 3. The summed E-state index contributed by atoms with van der Waals surface area (Å²) >= 11 is 0. The first-order chi connectivity index (χ1) is 19.8. The van der Waals surface area contributed by atoms with Crippen LogP contribution in [0.3, 0.4) is 0 Å². The van der Waals surface area contributed by atoms with Crippen LogP contribution in [-0.2, 0) is 16.1 Å². The molecule has 0 spiro atoms. The largest absolute Gasteiger partial charge is 0.369 e. The summed E-state index contributed by atoms with van der Waals surface area (Å²) in [6.07, 6.45) is 1.49. The molecule has 3 aromatic carbocycles. The van der Waals surface area contributed by atoms with E-state index in [1.165, 1.54) is 12.1 Å². The van der Waals surface area contributed by atoms with Crippen LogP contribution in [0.1, 0.15) is 61.0 Å². The first kappa shape index (κ1) is 29.8. The first-order valence-corrected chi connectivity index (χ1v) is 14.3. The molecule has 1 unspecified atom stereocenters. The number of amides is 3. The van der Waals surface area contributed by atoms with Gasteiger partial charge in [-0.15, -0.1) is 0 Å². The highest BCUT2D eigenvalue weighted by atomic mass is 19.1. The first-order valence-electron chi connectivity index (χ1n) is 14.3. The van der Waals surface area contributed by atoms with Crippen molar-refractivity contribution in [2.75, 3.05) is 36.4 Å². The number of carbonyl (C=O) groups excluding carboxylic acids is 3. The van der Waals surface area contributed by atoms with Gasteiger partial charge in [0, 0.05) is 50.0 Å². The van der Waals surface area contributed by atoms with Gasteiger partial charge in [0.1, 0.15) is 5.82 Å². The van der Waals surface area contributed by atoms with E-state index in [9.17, 15) is 18.8 Å². The minimum Gasteiger partial charge on any atom is -0.369 e. The monoisotopic (exact) mass is 558 g/mol. The van der Waals surface area contributed by atoms with Crippen LogP contribution in [-0.4, -0.2) is 48.8 Å². The van der Waals surface area contributed by atoms with Crippen molar-refractivity contribution in [3.63, 3.8) is 0 Å². The molecule has 216 valence electrons. The molecule has 1 aliphatic rings. The zero-order valence-electron chi connectivity index (χ0n) is 24.0. The van der Waals surface area contributed by atoms with Crippen molar-refractivity contribution in [2.45, 2.75) is 46.1 Å². The quantitative estimate of drug-likeness (QED) is 0.359. The van der Waals surface area contributed by atoms with Gasteiger partial charge in [-0.2, -0.15) is 0 Å². The summed E-state index contributed by atoms with van der Waals surface area (Å²) in [5.41, 5.74) is 3.52. The summed E-state index contributed by atoms with van der Waals surface area (Å²) in [5, 5.41) is 5.82. The Morgan fingerprint density at radius 3 is 2.32 bits per heavy atom. The molecule has 1 heterocycles. The Morgan fingerprint density at radius 1 is 0.902 bits per heavy atom. The minimum absolute atomic E-state index is 0.129. The number of nitrogens with one attached hydrogen (secondary N) is 2. The predicted octanol–water partition coefficient (Wildman–Crippen LogP) is 5.58. The molecular formula is C33H39FN4O3. The average Bonchev–Trinajstić information content (AvgIpc) is 3.24. The summed E-state index contributed by atoms with van der Waals surface area (Å²) in [6, 6.07) is 21.3. The number of halogens is 1. The maximum atomic E-state index is 13.5. The molecule has 1 saturated heterocycles. The van der Waals surface area contributed by atoms with E-state index in [4.69, 9.17) is 0 Å². The Labute approximate surface area is 241 Å². The SMILES string of the molecule is CCC(C(=O)N1CCCN(c2ccc(NC(=O)C(C)C)cc2C(=O)NCc2ccc(F)cc2)CC1)c1ccccc1. The topological polar surface area (TPSA) is 81.8 Å². The van der Waals surface area contributed by atoms with Gasteiger partial charge in [-0.25, -0.2) is 4.39 Å². The van der Waals surface area contributed by atoms with Crippen molar-refractivity contribution >= 4 is 29.1 Å². The van der Waals surface area contributed by atoms with Gasteiger partial charge in [0.05, 0.1) is 11.5 Å². The molecule has 3 amide bonds. The lowest BCUT2D eigenvalue weighted by molar-refractivity contribution is -0.132. The van der Waals surface area contributed by atoms with E-state index in [1.807, 2.05) is 68.1 Å². The zero-order chi connectivity index (χ0) is 29.4. The molecule has 2 N–H and O–H groups in total. The zero-order valence-corrected chi connectivity index (χ0v) is 24.0. The number of benzene rings is 3. The second kappa shape index (κ2) is 13.9. The standard InChI is InChI=1S/C33H39FN4O3/c1-4-28(25-9-6-5-7-10-25)33(41)38-18-8-17-37(19-20-38)30-16-15-27(36-31(39)23(2)3)21-29(30)32(40)35-22-24-11-13-26(34)14-12-24/h5-7,9-16,21,23,28H,4,8,17-20,22H2,1-3H3,(H,35,40)(H,36,39). The van der Waals surface area contributed by atoms with Crippen LogP contribution >= 0.6 is 0 Å².